The summed E-state index contributed by atoms with van der Waals surface area (Å²) in [4.78, 5) is 35.3. The SMILES string of the molecule is COc1ccc(NC(=O)c2c(C)nsc2Nc2cnc(C(=O)O)cn2)cn1. The number of carbonyl (C=O) groups is 2. The van der Waals surface area contributed by atoms with Crippen molar-refractivity contribution in [1.82, 2.24) is 19.3 Å². The van der Waals surface area contributed by atoms with Crippen molar-refractivity contribution >= 4 is 39.9 Å². The fourth-order valence-corrected chi connectivity index (χ4v) is 2.91. The number of carboxylic acids is 1. The van der Waals surface area contributed by atoms with Crippen LogP contribution in [0.3, 0.4) is 0 Å². The van der Waals surface area contributed by atoms with Gasteiger partial charge in [0.05, 0.1) is 42.6 Å². The van der Waals surface area contributed by atoms with Crippen LogP contribution in [0.15, 0.2) is 30.7 Å². The minimum Gasteiger partial charge on any atom is -0.481 e. The van der Waals surface area contributed by atoms with Crippen LogP contribution < -0.4 is 15.4 Å². The van der Waals surface area contributed by atoms with E-state index >= 15 is 0 Å². The molecule has 0 radical (unpaired) electrons. The van der Waals surface area contributed by atoms with Crippen LogP contribution in [0.1, 0.15) is 26.5 Å². The highest BCUT2D eigenvalue weighted by atomic mass is 32.1. The van der Waals surface area contributed by atoms with Gasteiger partial charge in [-0.15, -0.1) is 0 Å². The van der Waals surface area contributed by atoms with E-state index in [0.717, 1.165) is 17.7 Å². The fourth-order valence-electron chi connectivity index (χ4n) is 2.11. The highest BCUT2D eigenvalue weighted by molar-refractivity contribution is 7.10. The van der Waals surface area contributed by atoms with Crippen molar-refractivity contribution in [1.29, 1.82) is 0 Å². The maximum Gasteiger partial charge on any atom is 0.356 e. The standard InChI is InChI=1S/C16H14N6O4S/c1-8-13(14(23)20-9-3-4-12(26-2)19-5-9)15(27-22-8)21-11-7-17-10(6-18-11)16(24)25/h3-7H,1-2H3,(H,18,21)(H,20,23)(H,24,25). The third kappa shape index (κ3) is 4.15. The number of amides is 1. The zero-order valence-corrected chi connectivity index (χ0v) is 15.1. The van der Waals surface area contributed by atoms with Crippen molar-refractivity contribution in [3.63, 3.8) is 0 Å². The average Bonchev–Trinajstić information content (AvgIpc) is 3.03. The summed E-state index contributed by atoms with van der Waals surface area (Å²) in [7, 11) is 1.50. The van der Waals surface area contributed by atoms with Crippen molar-refractivity contribution in [2.45, 2.75) is 6.92 Å². The first-order valence-electron chi connectivity index (χ1n) is 7.58. The third-order valence-corrected chi connectivity index (χ3v) is 4.26. The molecule has 3 aromatic heterocycles. The van der Waals surface area contributed by atoms with E-state index in [-0.39, 0.29) is 11.6 Å². The second-order valence-corrected chi connectivity index (χ2v) is 6.01. The highest BCUT2D eigenvalue weighted by Gasteiger charge is 2.19. The van der Waals surface area contributed by atoms with Crippen molar-refractivity contribution in [2.24, 2.45) is 0 Å². The molecule has 0 spiro atoms. The minimum absolute atomic E-state index is 0.175. The van der Waals surface area contributed by atoms with Crippen LogP contribution >= 0.6 is 11.5 Å². The predicted molar refractivity (Wildman–Crippen MR) is 97.9 cm³/mol. The summed E-state index contributed by atoms with van der Waals surface area (Å²) < 4.78 is 9.17. The second-order valence-electron chi connectivity index (χ2n) is 5.23. The number of aromatic nitrogens is 4. The molecular weight excluding hydrogens is 372 g/mol. The van der Waals surface area contributed by atoms with Gasteiger partial charge in [-0.1, -0.05) is 0 Å². The third-order valence-electron chi connectivity index (χ3n) is 3.41. The van der Waals surface area contributed by atoms with E-state index in [0.29, 0.717) is 33.6 Å². The van der Waals surface area contributed by atoms with E-state index in [1.165, 1.54) is 19.5 Å². The Morgan fingerprint density at radius 1 is 1.15 bits per heavy atom. The van der Waals surface area contributed by atoms with E-state index in [2.05, 4.69) is 30.0 Å². The molecule has 3 aromatic rings. The molecule has 27 heavy (non-hydrogen) atoms. The zero-order chi connectivity index (χ0) is 19.4. The van der Waals surface area contributed by atoms with Crippen LogP contribution in [0.2, 0.25) is 0 Å². The molecule has 0 aliphatic heterocycles. The van der Waals surface area contributed by atoms with Gasteiger partial charge in [0.15, 0.2) is 5.69 Å². The van der Waals surface area contributed by atoms with Crippen molar-refractivity contribution in [2.75, 3.05) is 17.7 Å². The topological polar surface area (TPSA) is 139 Å². The number of ether oxygens (including phenoxy) is 1. The summed E-state index contributed by atoms with van der Waals surface area (Å²) in [5.74, 6) is -0.808. The van der Waals surface area contributed by atoms with Gasteiger partial charge in [-0.2, -0.15) is 4.37 Å². The quantitative estimate of drug-likeness (QED) is 0.582. The smallest absolute Gasteiger partial charge is 0.356 e. The molecule has 10 nitrogen and oxygen atoms in total. The molecule has 3 rings (SSSR count). The van der Waals surface area contributed by atoms with Gasteiger partial charge >= 0.3 is 5.97 Å². The molecular formula is C16H14N6O4S. The first-order valence-corrected chi connectivity index (χ1v) is 8.35. The second kappa shape index (κ2) is 7.74. The Balaban J connectivity index is 1.78. The van der Waals surface area contributed by atoms with Crippen LogP contribution in [0.4, 0.5) is 16.5 Å². The number of hydrogen-bond acceptors (Lipinski definition) is 9. The lowest BCUT2D eigenvalue weighted by Crippen LogP contribution is -2.14. The van der Waals surface area contributed by atoms with Crippen LogP contribution in [0.25, 0.3) is 0 Å². The zero-order valence-electron chi connectivity index (χ0n) is 14.3. The predicted octanol–water partition coefficient (Wildman–Crippen LogP) is 2.34. The van der Waals surface area contributed by atoms with E-state index in [1.54, 1.807) is 19.1 Å². The minimum atomic E-state index is -1.17. The van der Waals surface area contributed by atoms with Gasteiger partial charge in [0, 0.05) is 6.07 Å². The number of carboxylic acid groups (broad SMARTS) is 1. The van der Waals surface area contributed by atoms with E-state index in [1.807, 2.05) is 0 Å². The molecule has 0 fully saturated rings. The Bertz CT molecular complexity index is 972. The largest absolute Gasteiger partial charge is 0.481 e. The van der Waals surface area contributed by atoms with Gasteiger partial charge in [0.2, 0.25) is 5.88 Å². The number of hydrogen-bond donors (Lipinski definition) is 3. The summed E-state index contributed by atoms with van der Waals surface area (Å²) >= 11 is 1.08. The Labute approximate surface area is 157 Å². The molecule has 0 atom stereocenters. The number of aryl methyl sites for hydroxylation is 1. The molecule has 0 unspecified atom stereocenters. The molecule has 0 bridgehead atoms. The molecule has 3 N–H and O–H groups in total. The molecule has 1 amide bonds. The van der Waals surface area contributed by atoms with E-state index in [4.69, 9.17) is 9.84 Å². The number of nitrogens with one attached hydrogen (secondary N) is 2. The lowest BCUT2D eigenvalue weighted by molar-refractivity contribution is 0.0690. The van der Waals surface area contributed by atoms with Gasteiger partial charge in [0.25, 0.3) is 5.91 Å². The van der Waals surface area contributed by atoms with E-state index in [9.17, 15) is 9.59 Å². The van der Waals surface area contributed by atoms with E-state index < -0.39 is 5.97 Å². The summed E-state index contributed by atoms with van der Waals surface area (Å²) in [5, 5.41) is 15.0. The Hall–Kier alpha value is -3.60. The lowest BCUT2D eigenvalue weighted by atomic mass is 10.2. The molecule has 138 valence electrons. The van der Waals surface area contributed by atoms with Crippen molar-refractivity contribution < 1.29 is 19.4 Å². The molecule has 0 aliphatic carbocycles. The fraction of sp³-hybridized carbons (Fsp3) is 0.125. The first kappa shape index (κ1) is 18.2. The van der Waals surface area contributed by atoms with Gasteiger partial charge < -0.3 is 20.5 Å². The number of carbonyl (C=O) groups excluding carboxylic acids is 1. The van der Waals surface area contributed by atoms with Gasteiger partial charge in [-0.05, 0) is 24.5 Å². The van der Waals surface area contributed by atoms with Crippen LogP contribution in [-0.4, -0.2) is 43.4 Å². The van der Waals surface area contributed by atoms with Gasteiger partial charge in [-0.3, -0.25) is 4.79 Å². The van der Waals surface area contributed by atoms with Crippen LogP contribution in [0, 0.1) is 6.92 Å². The maximum atomic E-state index is 12.6. The Morgan fingerprint density at radius 3 is 2.56 bits per heavy atom. The van der Waals surface area contributed by atoms with Crippen molar-refractivity contribution in [3.8, 4) is 5.88 Å². The summed E-state index contributed by atoms with van der Waals surface area (Å²) in [6, 6.07) is 3.30. The molecule has 11 heteroatoms. The normalized spacial score (nSPS) is 10.3. The van der Waals surface area contributed by atoms with Gasteiger partial charge in [-0.25, -0.2) is 19.7 Å². The number of rotatable bonds is 6. The molecule has 0 saturated carbocycles. The van der Waals surface area contributed by atoms with Crippen LogP contribution in [-0.2, 0) is 0 Å². The number of aromatic carboxylic acids is 1. The molecule has 3 heterocycles. The Kier molecular flexibility index (Phi) is 5.22. The monoisotopic (exact) mass is 386 g/mol. The summed E-state index contributed by atoms with van der Waals surface area (Å²) in [6.45, 7) is 1.71. The molecule has 0 aromatic carbocycles. The number of pyridine rings is 1. The maximum absolute atomic E-state index is 12.6. The highest BCUT2D eigenvalue weighted by Crippen LogP contribution is 2.28. The first-order chi connectivity index (χ1) is 13.0. The number of methoxy groups -OCH3 is 1. The average molecular weight is 386 g/mol. The van der Waals surface area contributed by atoms with Crippen molar-refractivity contribution in [3.05, 3.63) is 47.7 Å². The molecule has 0 aliphatic rings. The Morgan fingerprint density at radius 2 is 1.96 bits per heavy atom. The molecule has 0 saturated heterocycles. The summed E-state index contributed by atoms with van der Waals surface area (Å²) in [6.07, 6.45) is 3.88. The number of anilines is 3. The summed E-state index contributed by atoms with van der Waals surface area (Å²) in [5.41, 5.74) is 1.21. The van der Waals surface area contributed by atoms with Gasteiger partial charge in [0.1, 0.15) is 10.8 Å². The lowest BCUT2D eigenvalue weighted by Gasteiger charge is -2.08. The number of nitrogens with zero attached hydrogens (tertiary/aromatic N) is 4. The van der Waals surface area contributed by atoms with Crippen LogP contribution in [0.5, 0.6) is 5.88 Å².